The fraction of sp³-hybridized carbons (Fsp3) is 0.368. The van der Waals surface area contributed by atoms with Gasteiger partial charge in [-0.25, -0.2) is 4.79 Å². The molecule has 1 aromatic heterocycles. The highest BCUT2D eigenvalue weighted by molar-refractivity contribution is 7.17. The van der Waals surface area contributed by atoms with Gasteiger partial charge in [-0.2, -0.15) is 0 Å². The van der Waals surface area contributed by atoms with Gasteiger partial charge in [0.05, 0.1) is 30.6 Å². The number of amides is 1. The number of hydrogen-bond donors (Lipinski definition) is 2. The molecule has 1 aliphatic rings. The van der Waals surface area contributed by atoms with Crippen LogP contribution in [0.2, 0.25) is 0 Å². The standard InChI is InChI=1S/C19H22N2O3S/c1-4-24-19(23)16-14-9-10-21(3)11-15(14)25-18(16)20-17(22)13-7-5-12(2)6-8-13/h5-8H,4,9-11H2,1-3H3,(H,20,22)/p+1. The summed E-state index contributed by atoms with van der Waals surface area (Å²) in [5, 5.41) is 3.53. The molecule has 1 atom stereocenters. The molecular weight excluding hydrogens is 336 g/mol. The summed E-state index contributed by atoms with van der Waals surface area (Å²) in [5.74, 6) is -0.552. The van der Waals surface area contributed by atoms with Crippen LogP contribution in [0.4, 0.5) is 5.00 Å². The summed E-state index contributed by atoms with van der Waals surface area (Å²) >= 11 is 1.49. The average Bonchev–Trinajstić information content (AvgIpc) is 2.92. The number of carbonyl (C=O) groups is 2. The predicted molar refractivity (Wildman–Crippen MR) is 98.6 cm³/mol. The smallest absolute Gasteiger partial charge is 0.341 e. The molecule has 0 saturated carbocycles. The van der Waals surface area contributed by atoms with Crippen LogP contribution in [0.5, 0.6) is 0 Å². The number of esters is 1. The number of anilines is 1. The lowest BCUT2D eigenvalue weighted by Gasteiger charge is -2.19. The maximum absolute atomic E-state index is 12.6. The second-order valence-corrected chi connectivity index (χ2v) is 7.49. The first-order chi connectivity index (χ1) is 12.0. The molecule has 1 amide bonds. The van der Waals surface area contributed by atoms with Gasteiger partial charge in [-0.3, -0.25) is 4.79 Å². The molecule has 0 fully saturated rings. The zero-order chi connectivity index (χ0) is 18.0. The Morgan fingerprint density at radius 1 is 1.28 bits per heavy atom. The molecule has 5 nitrogen and oxygen atoms in total. The van der Waals surface area contributed by atoms with Gasteiger partial charge >= 0.3 is 5.97 Å². The number of nitrogens with one attached hydrogen (secondary N) is 2. The molecule has 1 unspecified atom stereocenters. The minimum atomic E-state index is -0.348. The number of ether oxygens (including phenoxy) is 1. The van der Waals surface area contributed by atoms with Gasteiger partial charge in [0.25, 0.3) is 5.91 Å². The average molecular weight is 359 g/mol. The summed E-state index contributed by atoms with van der Waals surface area (Å²) in [4.78, 5) is 27.6. The SMILES string of the molecule is CCOC(=O)c1c(NC(=O)c2ccc(C)cc2)sc2c1CC[NH+](C)C2. The van der Waals surface area contributed by atoms with Gasteiger partial charge in [0.1, 0.15) is 11.5 Å². The van der Waals surface area contributed by atoms with Gasteiger partial charge in [-0.05, 0) is 31.5 Å². The largest absolute Gasteiger partial charge is 0.462 e. The van der Waals surface area contributed by atoms with Crippen LogP contribution in [0.25, 0.3) is 0 Å². The Morgan fingerprint density at radius 3 is 2.68 bits per heavy atom. The van der Waals surface area contributed by atoms with Crippen molar-refractivity contribution in [1.82, 2.24) is 0 Å². The van der Waals surface area contributed by atoms with Crippen molar-refractivity contribution in [3.05, 3.63) is 51.4 Å². The highest BCUT2D eigenvalue weighted by Crippen LogP contribution is 2.35. The number of rotatable bonds is 4. The lowest BCUT2D eigenvalue weighted by molar-refractivity contribution is -0.895. The fourth-order valence-electron chi connectivity index (χ4n) is 3.01. The maximum atomic E-state index is 12.6. The lowest BCUT2D eigenvalue weighted by Crippen LogP contribution is -3.08. The van der Waals surface area contributed by atoms with E-state index in [9.17, 15) is 9.59 Å². The Hall–Kier alpha value is -2.18. The fourth-order valence-corrected chi connectivity index (χ4v) is 4.35. The van der Waals surface area contributed by atoms with E-state index in [4.69, 9.17) is 4.74 Å². The highest BCUT2D eigenvalue weighted by Gasteiger charge is 2.30. The summed E-state index contributed by atoms with van der Waals surface area (Å²) in [6.45, 7) is 5.93. The van der Waals surface area contributed by atoms with E-state index in [-0.39, 0.29) is 11.9 Å². The Labute approximate surface area is 151 Å². The molecule has 3 rings (SSSR count). The molecule has 2 N–H and O–H groups in total. The van der Waals surface area contributed by atoms with Crippen LogP contribution in [0, 0.1) is 6.92 Å². The van der Waals surface area contributed by atoms with Crippen LogP contribution >= 0.6 is 11.3 Å². The van der Waals surface area contributed by atoms with Crippen molar-refractivity contribution in [1.29, 1.82) is 0 Å². The minimum Gasteiger partial charge on any atom is -0.462 e. The Bertz CT molecular complexity index is 796. The van der Waals surface area contributed by atoms with E-state index in [1.807, 2.05) is 19.1 Å². The lowest BCUT2D eigenvalue weighted by atomic mass is 10.0. The van der Waals surface area contributed by atoms with E-state index in [0.717, 1.165) is 35.5 Å². The third kappa shape index (κ3) is 3.75. The van der Waals surface area contributed by atoms with Crippen molar-refractivity contribution in [2.45, 2.75) is 26.8 Å². The highest BCUT2D eigenvalue weighted by atomic mass is 32.1. The molecule has 132 valence electrons. The molecule has 0 saturated heterocycles. The number of likely N-dealkylation sites (N-methyl/N-ethyl adjacent to an activating group) is 1. The van der Waals surface area contributed by atoms with Gasteiger partial charge in [-0.15, -0.1) is 11.3 Å². The second kappa shape index (κ2) is 7.37. The first-order valence-electron chi connectivity index (χ1n) is 8.50. The molecule has 0 radical (unpaired) electrons. The summed E-state index contributed by atoms with van der Waals surface area (Å²) in [6, 6.07) is 7.39. The molecule has 0 spiro atoms. The number of fused-ring (bicyclic) bond motifs is 1. The summed E-state index contributed by atoms with van der Waals surface area (Å²) < 4.78 is 5.23. The van der Waals surface area contributed by atoms with E-state index in [0.29, 0.717) is 22.7 Å². The van der Waals surface area contributed by atoms with Crippen molar-refractivity contribution in [3.63, 3.8) is 0 Å². The van der Waals surface area contributed by atoms with Gasteiger partial charge in [0.15, 0.2) is 0 Å². The number of carbonyl (C=O) groups excluding carboxylic acids is 2. The zero-order valence-electron chi connectivity index (χ0n) is 14.8. The van der Waals surface area contributed by atoms with Gasteiger partial charge in [0, 0.05) is 12.0 Å². The topological polar surface area (TPSA) is 59.8 Å². The van der Waals surface area contributed by atoms with Gasteiger partial charge in [0.2, 0.25) is 0 Å². The van der Waals surface area contributed by atoms with Crippen LogP contribution in [0.3, 0.4) is 0 Å². The number of quaternary nitrogens is 1. The Morgan fingerprint density at radius 2 is 2.00 bits per heavy atom. The van der Waals surface area contributed by atoms with E-state index in [1.165, 1.54) is 16.2 Å². The van der Waals surface area contributed by atoms with E-state index in [1.54, 1.807) is 19.1 Å². The van der Waals surface area contributed by atoms with E-state index >= 15 is 0 Å². The molecule has 1 aliphatic heterocycles. The van der Waals surface area contributed by atoms with E-state index < -0.39 is 0 Å². The van der Waals surface area contributed by atoms with Crippen molar-refractivity contribution in [2.75, 3.05) is 25.5 Å². The van der Waals surface area contributed by atoms with Crippen LogP contribution in [0.15, 0.2) is 24.3 Å². The van der Waals surface area contributed by atoms with Gasteiger partial charge in [-0.1, -0.05) is 17.7 Å². The number of hydrogen-bond acceptors (Lipinski definition) is 4. The van der Waals surface area contributed by atoms with Crippen LogP contribution < -0.4 is 10.2 Å². The molecule has 2 aromatic rings. The summed E-state index contributed by atoms with van der Waals surface area (Å²) in [6.07, 6.45) is 0.826. The Kier molecular flexibility index (Phi) is 5.20. The van der Waals surface area contributed by atoms with E-state index in [2.05, 4.69) is 12.4 Å². The number of aryl methyl sites for hydroxylation is 1. The molecule has 1 aromatic carbocycles. The minimum absolute atomic E-state index is 0.204. The molecule has 2 heterocycles. The first kappa shape index (κ1) is 17.6. The number of thiophene rings is 1. The van der Waals surface area contributed by atoms with Crippen molar-refractivity contribution < 1.29 is 19.2 Å². The second-order valence-electron chi connectivity index (χ2n) is 6.38. The summed E-state index contributed by atoms with van der Waals surface area (Å²) in [5.41, 5.74) is 3.25. The van der Waals surface area contributed by atoms with Crippen molar-refractivity contribution >= 4 is 28.2 Å². The van der Waals surface area contributed by atoms with Crippen LogP contribution in [-0.2, 0) is 17.7 Å². The monoisotopic (exact) mass is 359 g/mol. The van der Waals surface area contributed by atoms with Crippen molar-refractivity contribution in [2.24, 2.45) is 0 Å². The molecule has 25 heavy (non-hydrogen) atoms. The van der Waals surface area contributed by atoms with Crippen molar-refractivity contribution in [3.8, 4) is 0 Å². The molecule has 0 bridgehead atoms. The summed E-state index contributed by atoms with van der Waals surface area (Å²) in [7, 11) is 2.14. The zero-order valence-corrected chi connectivity index (χ0v) is 15.6. The maximum Gasteiger partial charge on any atom is 0.341 e. The number of benzene rings is 1. The van der Waals surface area contributed by atoms with Crippen LogP contribution in [-0.4, -0.2) is 32.1 Å². The third-order valence-electron chi connectivity index (χ3n) is 4.38. The first-order valence-corrected chi connectivity index (χ1v) is 9.32. The predicted octanol–water partition coefficient (Wildman–Crippen LogP) is 2.06. The molecular formula is C19H23N2O3S+. The normalized spacial score (nSPS) is 16.2. The molecule has 6 heteroatoms. The van der Waals surface area contributed by atoms with Crippen LogP contribution in [0.1, 0.15) is 43.6 Å². The Balaban J connectivity index is 1.93. The third-order valence-corrected chi connectivity index (χ3v) is 5.52. The molecule has 0 aliphatic carbocycles. The quantitative estimate of drug-likeness (QED) is 0.822. The van der Waals surface area contributed by atoms with Gasteiger partial charge < -0.3 is 15.0 Å².